The fourth-order valence-corrected chi connectivity index (χ4v) is 3.85. The fourth-order valence-electron chi connectivity index (χ4n) is 2.93. The zero-order chi connectivity index (χ0) is 16.5. The van der Waals surface area contributed by atoms with E-state index < -0.39 is 0 Å². The molecule has 0 saturated heterocycles. The van der Waals surface area contributed by atoms with Crippen LogP contribution >= 0.6 is 11.3 Å². The first-order valence-corrected chi connectivity index (χ1v) is 8.66. The number of benzene rings is 2. The summed E-state index contributed by atoms with van der Waals surface area (Å²) in [6.45, 7) is 0.534. The van der Waals surface area contributed by atoms with Gasteiger partial charge in [-0.1, -0.05) is 30.3 Å². The third-order valence-electron chi connectivity index (χ3n) is 4.03. The molecule has 2 aromatic carbocycles. The van der Waals surface area contributed by atoms with Crippen molar-refractivity contribution in [1.29, 1.82) is 0 Å². The molecule has 0 aliphatic rings. The van der Waals surface area contributed by atoms with E-state index in [-0.39, 0.29) is 5.82 Å². The minimum absolute atomic E-state index is 0.245. The Hall–Kier alpha value is -2.50. The molecule has 0 aliphatic carbocycles. The Labute approximate surface area is 143 Å². The lowest BCUT2D eigenvalue weighted by Gasteiger charge is -2.06. The van der Waals surface area contributed by atoms with Gasteiger partial charge < -0.3 is 5.73 Å². The Morgan fingerprint density at radius 1 is 1.00 bits per heavy atom. The van der Waals surface area contributed by atoms with E-state index in [0.717, 1.165) is 33.2 Å². The van der Waals surface area contributed by atoms with Gasteiger partial charge in [0.05, 0.1) is 17.1 Å². The molecular formula is C19H16FN3S. The number of rotatable bonds is 4. The van der Waals surface area contributed by atoms with Gasteiger partial charge in [-0.25, -0.2) is 9.37 Å². The highest BCUT2D eigenvalue weighted by Crippen LogP contribution is 2.33. The molecule has 4 aromatic rings. The van der Waals surface area contributed by atoms with Crippen molar-refractivity contribution in [2.45, 2.75) is 6.42 Å². The highest BCUT2D eigenvalue weighted by Gasteiger charge is 2.18. The van der Waals surface area contributed by atoms with Crippen LogP contribution in [0.3, 0.4) is 0 Å². The third-order valence-corrected chi connectivity index (χ3v) is 4.85. The molecule has 5 heteroatoms. The van der Waals surface area contributed by atoms with Gasteiger partial charge in [0.2, 0.25) is 0 Å². The van der Waals surface area contributed by atoms with E-state index in [0.29, 0.717) is 13.0 Å². The number of hydrogen-bond acceptors (Lipinski definition) is 3. The van der Waals surface area contributed by atoms with Crippen LogP contribution in [0.5, 0.6) is 0 Å². The molecule has 0 aliphatic heterocycles. The van der Waals surface area contributed by atoms with Crippen molar-refractivity contribution >= 4 is 16.3 Å². The van der Waals surface area contributed by atoms with Crippen LogP contribution in [0.1, 0.15) is 5.69 Å². The summed E-state index contributed by atoms with van der Waals surface area (Å²) in [5.41, 5.74) is 11.0. The number of aromatic nitrogens is 2. The summed E-state index contributed by atoms with van der Waals surface area (Å²) in [7, 11) is 0. The molecule has 2 heterocycles. The second-order valence-electron chi connectivity index (χ2n) is 5.56. The van der Waals surface area contributed by atoms with E-state index in [1.807, 2.05) is 18.2 Å². The fraction of sp³-hybridized carbons (Fsp3) is 0.105. The van der Waals surface area contributed by atoms with E-state index in [1.165, 1.54) is 12.1 Å². The van der Waals surface area contributed by atoms with E-state index >= 15 is 0 Å². The van der Waals surface area contributed by atoms with Gasteiger partial charge in [-0.05, 0) is 36.4 Å². The van der Waals surface area contributed by atoms with Gasteiger partial charge in [0.1, 0.15) is 5.82 Å². The Kier molecular flexibility index (Phi) is 3.88. The summed E-state index contributed by atoms with van der Waals surface area (Å²) in [6, 6.07) is 16.7. The van der Waals surface area contributed by atoms with E-state index in [9.17, 15) is 4.39 Å². The van der Waals surface area contributed by atoms with Crippen molar-refractivity contribution < 1.29 is 4.39 Å². The molecule has 0 spiro atoms. The Balaban J connectivity index is 1.94. The summed E-state index contributed by atoms with van der Waals surface area (Å²) < 4.78 is 15.4. The van der Waals surface area contributed by atoms with Crippen LogP contribution < -0.4 is 5.73 Å². The van der Waals surface area contributed by atoms with E-state index in [2.05, 4.69) is 21.9 Å². The molecule has 0 radical (unpaired) electrons. The SMILES string of the molecule is NCCc1c(-c2ccc(F)cc2)nc2scc(-c3ccccc3)n12. The first-order valence-electron chi connectivity index (χ1n) is 7.78. The Bertz CT molecular complexity index is 971. The van der Waals surface area contributed by atoms with Crippen molar-refractivity contribution in [3.05, 3.63) is 71.5 Å². The van der Waals surface area contributed by atoms with Gasteiger partial charge in [0.25, 0.3) is 0 Å². The van der Waals surface area contributed by atoms with Gasteiger partial charge in [-0.2, -0.15) is 0 Å². The maximum Gasteiger partial charge on any atom is 0.194 e. The van der Waals surface area contributed by atoms with Gasteiger partial charge in [-0.3, -0.25) is 4.40 Å². The Morgan fingerprint density at radius 3 is 2.46 bits per heavy atom. The molecule has 2 N–H and O–H groups in total. The van der Waals surface area contributed by atoms with Crippen LogP contribution in [0.25, 0.3) is 27.5 Å². The number of thiazole rings is 1. The zero-order valence-corrected chi connectivity index (χ0v) is 13.8. The predicted molar refractivity (Wildman–Crippen MR) is 96.7 cm³/mol. The summed E-state index contributed by atoms with van der Waals surface area (Å²) in [6.07, 6.45) is 0.713. The average molecular weight is 337 g/mol. The van der Waals surface area contributed by atoms with Crippen LogP contribution in [-0.4, -0.2) is 15.9 Å². The lowest BCUT2D eigenvalue weighted by Crippen LogP contribution is -2.06. The molecular weight excluding hydrogens is 321 g/mol. The van der Waals surface area contributed by atoms with Crippen molar-refractivity contribution in [3.8, 4) is 22.5 Å². The lowest BCUT2D eigenvalue weighted by molar-refractivity contribution is 0.628. The minimum atomic E-state index is -0.245. The highest BCUT2D eigenvalue weighted by atomic mass is 32.1. The predicted octanol–water partition coefficient (Wildman–Crippen LogP) is 4.37. The van der Waals surface area contributed by atoms with E-state index in [4.69, 9.17) is 10.7 Å². The van der Waals surface area contributed by atoms with Crippen molar-refractivity contribution in [2.24, 2.45) is 5.73 Å². The largest absolute Gasteiger partial charge is 0.330 e. The molecule has 0 atom stereocenters. The van der Waals surface area contributed by atoms with Crippen LogP contribution in [0, 0.1) is 5.82 Å². The van der Waals surface area contributed by atoms with Crippen LogP contribution in [-0.2, 0) is 6.42 Å². The quantitative estimate of drug-likeness (QED) is 0.601. The number of nitrogens with zero attached hydrogens (tertiary/aromatic N) is 2. The standard InChI is InChI=1S/C19H16FN3S/c20-15-8-6-14(7-9-15)18-16(10-11-21)23-17(12-24-19(23)22-18)13-4-2-1-3-5-13/h1-9,12H,10-11,21H2. The summed E-state index contributed by atoms with van der Waals surface area (Å²) in [5.74, 6) is -0.245. The molecule has 4 rings (SSSR count). The monoisotopic (exact) mass is 337 g/mol. The molecule has 0 saturated carbocycles. The zero-order valence-electron chi connectivity index (χ0n) is 12.9. The number of nitrogens with two attached hydrogens (primary N) is 1. The molecule has 3 nitrogen and oxygen atoms in total. The number of hydrogen-bond donors (Lipinski definition) is 1. The van der Waals surface area contributed by atoms with Gasteiger partial charge in [0.15, 0.2) is 4.96 Å². The molecule has 2 aromatic heterocycles. The second-order valence-corrected chi connectivity index (χ2v) is 6.39. The van der Waals surface area contributed by atoms with Crippen molar-refractivity contribution in [2.75, 3.05) is 6.54 Å². The van der Waals surface area contributed by atoms with E-state index in [1.54, 1.807) is 23.5 Å². The summed E-state index contributed by atoms with van der Waals surface area (Å²) >= 11 is 1.60. The normalized spacial score (nSPS) is 11.2. The van der Waals surface area contributed by atoms with Crippen LogP contribution in [0.2, 0.25) is 0 Å². The van der Waals surface area contributed by atoms with Crippen LogP contribution in [0.4, 0.5) is 4.39 Å². The maximum absolute atomic E-state index is 13.2. The number of fused-ring (bicyclic) bond motifs is 1. The summed E-state index contributed by atoms with van der Waals surface area (Å²) in [5, 5.41) is 2.12. The first kappa shape index (κ1) is 15.1. The average Bonchev–Trinajstić information content (AvgIpc) is 3.17. The lowest BCUT2D eigenvalue weighted by atomic mass is 10.1. The first-order chi connectivity index (χ1) is 11.8. The minimum Gasteiger partial charge on any atom is -0.330 e. The third kappa shape index (κ3) is 2.52. The molecule has 0 amide bonds. The van der Waals surface area contributed by atoms with Gasteiger partial charge in [0, 0.05) is 17.4 Å². The second kappa shape index (κ2) is 6.19. The number of imidazole rings is 1. The molecule has 120 valence electrons. The van der Waals surface area contributed by atoms with Gasteiger partial charge in [-0.15, -0.1) is 11.3 Å². The summed E-state index contributed by atoms with van der Waals surface area (Å²) in [4.78, 5) is 5.71. The smallest absolute Gasteiger partial charge is 0.194 e. The Morgan fingerprint density at radius 2 is 1.75 bits per heavy atom. The molecule has 0 fully saturated rings. The molecule has 24 heavy (non-hydrogen) atoms. The van der Waals surface area contributed by atoms with Crippen molar-refractivity contribution in [3.63, 3.8) is 0 Å². The highest BCUT2D eigenvalue weighted by molar-refractivity contribution is 7.15. The van der Waals surface area contributed by atoms with Gasteiger partial charge >= 0.3 is 0 Å². The van der Waals surface area contributed by atoms with Crippen molar-refractivity contribution in [1.82, 2.24) is 9.38 Å². The maximum atomic E-state index is 13.2. The molecule has 0 bridgehead atoms. The molecule has 0 unspecified atom stereocenters. The van der Waals surface area contributed by atoms with Crippen LogP contribution in [0.15, 0.2) is 60.0 Å². The number of halogens is 1. The topological polar surface area (TPSA) is 43.3 Å².